The third-order valence-electron chi connectivity index (χ3n) is 4.80. The summed E-state index contributed by atoms with van der Waals surface area (Å²) in [5.74, 6) is 1.34. The van der Waals surface area contributed by atoms with Crippen molar-refractivity contribution < 1.29 is 14.0 Å². The Labute approximate surface area is 176 Å². The van der Waals surface area contributed by atoms with Crippen LogP contribution < -0.4 is 10.6 Å². The summed E-state index contributed by atoms with van der Waals surface area (Å²) in [5.41, 5.74) is 2.73. The second kappa shape index (κ2) is 10.4. The van der Waals surface area contributed by atoms with Gasteiger partial charge in [-0.2, -0.15) is 0 Å². The fourth-order valence-electron chi connectivity index (χ4n) is 3.06. The van der Waals surface area contributed by atoms with Gasteiger partial charge < -0.3 is 15.1 Å². The summed E-state index contributed by atoms with van der Waals surface area (Å²) in [7, 11) is 0. The molecule has 0 fully saturated rings. The zero-order valence-corrected chi connectivity index (χ0v) is 17.4. The van der Waals surface area contributed by atoms with Gasteiger partial charge >= 0.3 is 0 Å². The number of carbonyl (C=O) groups excluding carboxylic acids is 2. The van der Waals surface area contributed by atoms with Gasteiger partial charge in [0.15, 0.2) is 11.7 Å². The van der Waals surface area contributed by atoms with Crippen molar-refractivity contribution in [2.75, 3.05) is 5.32 Å². The Morgan fingerprint density at radius 3 is 2.47 bits per heavy atom. The van der Waals surface area contributed by atoms with Crippen molar-refractivity contribution in [3.05, 3.63) is 72.2 Å². The Hall–Kier alpha value is -3.41. The van der Waals surface area contributed by atoms with E-state index in [1.54, 1.807) is 6.20 Å². The van der Waals surface area contributed by atoms with E-state index in [9.17, 15) is 9.59 Å². The van der Waals surface area contributed by atoms with Gasteiger partial charge in [0.05, 0.1) is 12.2 Å². The minimum Gasteiger partial charge on any atom is -0.441 e. The van der Waals surface area contributed by atoms with Gasteiger partial charge in [-0.05, 0) is 31.0 Å². The summed E-state index contributed by atoms with van der Waals surface area (Å²) < 4.78 is 5.78. The lowest BCUT2D eigenvalue weighted by Crippen LogP contribution is -2.26. The van der Waals surface area contributed by atoms with Crippen LogP contribution in [0.3, 0.4) is 0 Å². The SMILES string of the molecule is CCC(=O)Nc1ccc(C(C)NC(=O)CCCc2ncc(-c3ccccc3)o2)cc1. The minimum atomic E-state index is -0.111. The lowest BCUT2D eigenvalue weighted by Gasteiger charge is -2.15. The highest BCUT2D eigenvalue weighted by atomic mass is 16.4. The van der Waals surface area contributed by atoms with E-state index in [4.69, 9.17) is 4.42 Å². The molecule has 1 aromatic heterocycles. The predicted molar refractivity (Wildman–Crippen MR) is 117 cm³/mol. The molecular weight excluding hydrogens is 378 g/mol. The number of amides is 2. The summed E-state index contributed by atoms with van der Waals surface area (Å²) in [6.07, 6.45) is 3.84. The van der Waals surface area contributed by atoms with Gasteiger partial charge in [0.2, 0.25) is 11.8 Å². The largest absolute Gasteiger partial charge is 0.441 e. The van der Waals surface area contributed by atoms with Gasteiger partial charge in [-0.25, -0.2) is 4.98 Å². The number of benzene rings is 2. The molecule has 2 N–H and O–H groups in total. The lowest BCUT2D eigenvalue weighted by atomic mass is 10.1. The molecule has 0 aliphatic heterocycles. The third kappa shape index (κ3) is 6.04. The molecule has 0 saturated carbocycles. The smallest absolute Gasteiger partial charge is 0.224 e. The second-order valence-corrected chi connectivity index (χ2v) is 7.15. The van der Waals surface area contributed by atoms with Crippen LogP contribution in [0.2, 0.25) is 0 Å². The van der Waals surface area contributed by atoms with Gasteiger partial charge in [0.1, 0.15) is 0 Å². The first-order chi connectivity index (χ1) is 14.5. The topological polar surface area (TPSA) is 84.2 Å². The van der Waals surface area contributed by atoms with Crippen LogP contribution in [0.5, 0.6) is 0 Å². The number of oxazole rings is 1. The van der Waals surface area contributed by atoms with E-state index in [0.29, 0.717) is 31.6 Å². The normalized spacial score (nSPS) is 11.7. The maximum absolute atomic E-state index is 12.3. The second-order valence-electron chi connectivity index (χ2n) is 7.15. The molecule has 6 nitrogen and oxygen atoms in total. The highest BCUT2D eigenvalue weighted by Gasteiger charge is 2.11. The average Bonchev–Trinajstić information content (AvgIpc) is 3.23. The molecule has 0 spiro atoms. The van der Waals surface area contributed by atoms with Crippen molar-refractivity contribution in [3.8, 4) is 11.3 Å². The van der Waals surface area contributed by atoms with Gasteiger partial charge in [-0.15, -0.1) is 0 Å². The van der Waals surface area contributed by atoms with E-state index in [-0.39, 0.29) is 17.9 Å². The van der Waals surface area contributed by atoms with Crippen molar-refractivity contribution in [2.45, 2.75) is 45.6 Å². The molecule has 6 heteroatoms. The van der Waals surface area contributed by atoms with Crippen LogP contribution in [0.4, 0.5) is 5.69 Å². The minimum absolute atomic E-state index is 0.0132. The molecule has 3 aromatic rings. The van der Waals surface area contributed by atoms with E-state index in [2.05, 4.69) is 15.6 Å². The number of rotatable bonds is 9. The molecule has 156 valence electrons. The molecule has 30 heavy (non-hydrogen) atoms. The Kier molecular flexibility index (Phi) is 7.38. The van der Waals surface area contributed by atoms with Gasteiger partial charge in [-0.1, -0.05) is 49.4 Å². The predicted octanol–water partition coefficient (Wildman–Crippen LogP) is 4.89. The number of aromatic nitrogens is 1. The summed E-state index contributed by atoms with van der Waals surface area (Å²) >= 11 is 0. The first-order valence-corrected chi connectivity index (χ1v) is 10.2. The Morgan fingerprint density at radius 2 is 1.77 bits per heavy atom. The van der Waals surface area contributed by atoms with Crippen LogP contribution in [0.15, 0.2) is 65.2 Å². The maximum Gasteiger partial charge on any atom is 0.224 e. The molecule has 2 aromatic carbocycles. The molecule has 0 saturated heterocycles. The number of anilines is 1. The van der Waals surface area contributed by atoms with Crippen molar-refractivity contribution in [3.63, 3.8) is 0 Å². The van der Waals surface area contributed by atoms with E-state index < -0.39 is 0 Å². The van der Waals surface area contributed by atoms with E-state index in [1.165, 1.54) is 0 Å². The highest BCUT2D eigenvalue weighted by molar-refractivity contribution is 5.90. The first-order valence-electron chi connectivity index (χ1n) is 10.2. The molecular formula is C24H27N3O3. The summed E-state index contributed by atoms with van der Waals surface area (Å²) in [4.78, 5) is 28.0. The van der Waals surface area contributed by atoms with E-state index in [0.717, 1.165) is 22.6 Å². The monoisotopic (exact) mass is 405 g/mol. The van der Waals surface area contributed by atoms with E-state index >= 15 is 0 Å². The molecule has 0 radical (unpaired) electrons. The van der Waals surface area contributed by atoms with Crippen molar-refractivity contribution in [1.82, 2.24) is 10.3 Å². The lowest BCUT2D eigenvalue weighted by molar-refractivity contribution is -0.121. The summed E-state index contributed by atoms with van der Waals surface area (Å²) in [6, 6.07) is 17.2. The molecule has 0 bridgehead atoms. The van der Waals surface area contributed by atoms with Crippen LogP contribution in [0.25, 0.3) is 11.3 Å². The van der Waals surface area contributed by atoms with Crippen molar-refractivity contribution >= 4 is 17.5 Å². The summed E-state index contributed by atoms with van der Waals surface area (Å²) in [5, 5.41) is 5.82. The fraction of sp³-hybridized carbons (Fsp3) is 0.292. The Balaban J connectivity index is 1.43. The van der Waals surface area contributed by atoms with Crippen LogP contribution in [-0.2, 0) is 16.0 Å². The van der Waals surface area contributed by atoms with Crippen molar-refractivity contribution in [1.29, 1.82) is 0 Å². The van der Waals surface area contributed by atoms with Crippen LogP contribution in [0.1, 0.15) is 50.6 Å². The number of hydrogen-bond donors (Lipinski definition) is 2. The molecule has 0 aliphatic rings. The molecule has 0 aliphatic carbocycles. The van der Waals surface area contributed by atoms with Gasteiger partial charge in [0.25, 0.3) is 0 Å². The van der Waals surface area contributed by atoms with Gasteiger partial charge in [0, 0.05) is 30.5 Å². The molecule has 1 unspecified atom stereocenters. The maximum atomic E-state index is 12.3. The number of hydrogen-bond acceptors (Lipinski definition) is 4. The molecule has 1 heterocycles. The number of nitrogens with zero attached hydrogens (tertiary/aromatic N) is 1. The number of aryl methyl sites for hydroxylation is 1. The quantitative estimate of drug-likeness (QED) is 0.531. The summed E-state index contributed by atoms with van der Waals surface area (Å²) in [6.45, 7) is 3.75. The zero-order valence-electron chi connectivity index (χ0n) is 17.4. The molecule has 1 atom stereocenters. The first kappa shape index (κ1) is 21.3. The zero-order chi connectivity index (χ0) is 21.3. The van der Waals surface area contributed by atoms with E-state index in [1.807, 2.05) is 68.4 Å². The van der Waals surface area contributed by atoms with Crippen molar-refractivity contribution in [2.24, 2.45) is 0 Å². The van der Waals surface area contributed by atoms with Crippen LogP contribution in [0, 0.1) is 0 Å². The molecule has 2 amide bonds. The third-order valence-corrected chi connectivity index (χ3v) is 4.80. The molecule has 3 rings (SSSR count). The number of carbonyl (C=O) groups is 2. The fourth-order valence-corrected chi connectivity index (χ4v) is 3.06. The average molecular weight is 405 g/mol. The van der Waals surface area contributed by atoms with Crippen LogP contribution in [-0.4, -0.2) is 16.8 Å². The standard InChI is InChI=1S/C24H27N3O3/c1-3-22(28)27-20-14-12-18(13-15-20)17(2)26-23(29)10-7-11-24-25-16-21(30-24)19-8-5-4-6-9-19/h4-6,8-9,12-17H,3,7,10-11H2,1-2H3,(H,26,29)(H,27,28). The number of nitrogens with one attached hydrogen (secondary N) is 2. The Morgan fingerprint density at radius 1 is 1.03 bits per heavy atom. The Bertz CT molecular complexity index is 965. The highest BCUT2D eigenvalue weighted by Crippen LogP contribution is 2.21. The van der Waals surface area contributed by atoms with Crippen LogP contribution >= 0.6 is 0 Å². The van der Waals surface area contributed by atoms with Gasteiger partial charge in [-0.3, -0.25) is 9.59 Å².